The Kier molecular flexibility index (Phi) is 4.53. The zero-order chi connectivity index (χ0) is 14.7. The van der Waals surface area contributed by atoms with Crippen LogP contribution in [0.4, 0.5) is 11.4 Å². The summed E-state index contributed by atoms with van der Waals surface area (Å²) in [7, 11) is 2.05. The molecule has 0 atom stereocenters. The number of amides is 1. The van der Waals surface area contributed by atoms with E-state index in [0.29, 0.717) is 17.3 Å². The molecule has 0 spiro atoms. The monoisotopic (exact) mass is 275 g/mol. The highest BCUT2D eigenvalue weighted by atomic mass is 16.1. The number of nitrogen functional groups attached to an aromatic ring is 1. The highest BCUT2D eigenvalue weighted by Crippen LogP contribution is 2.32. The molecule has 0 saturated heterocycles. The molecule has 4 N–H and O–H groups in total. The van der Waals surface area contributed by atoms with E-state index in [-0.39, 0.29) is 0 Å². The van der Waals surface area contributed by atoms with Gasteiger partial charge in [-0.05, 0) is 49.8 Å². The van der Waals surface area contributed by atoms with Gasteiger partial charge in [0.2, 0.25) is 0 Å². The van der Waals surface area contributed by atoms with Gasteiger partial charge in [-0.25, -0.2) is 0 Å². The van der Waals surface area contributed by atoms with E-state index >= 15 is 0 Å². The SMILES string of the molecule is CCC1CCC(N(C)c2ccc(N)cc2C(N)=O)CC1. The second-order valence-electron chi connectivity index (χ2n) is 5.83. The van der Waals surface area contributed by atoms with E-state index in [1.165, 1.54) is 32.1 Å². The van der Waals surface area contributed by atoms with Crippen LogP contribution < -0.4 is 16.4 Å². The molecule has 1 amide bonds. The Morgan fingerprint density at radius 2 is 1.95 bits per heavy atom. The zero-order valence-corrected chi connectivity index (χ0v) is 12.4. The van der Waals surface area contributed by atoms with Crippen LogP contribution >= 0.6 is 0 Å². The van der Waals surface area contributed by atoms with Crippen LogP contribution in [-0.4, -0.2) is 19.0 Å². The van der Waals surface area contributed by atoms with Crippen LogP contribution in [0.25, 0.3) is 0 Å². The van der Waals surface area contributed by atoms with Crippen LogP contribution in [0.1, 0.15) is 49.4 Å². The first-order valence-corrected chi connectivity index (χ1v) is 7.45. The predicted octanol–water partition coefficient (Wildman–Crippen LogP) is 2.77. The molecule has 0 aromatic heterocycles. The van der Waals surface area contributed by atoms with Gasteiger partial charge in [-0.15, -0.1) is 0 Å². The molecule has 4 heteroatoms. The van der Waals surface area contributed by atoms with Gasteiger partial charge in [0.25, 0.3) is 5.91 Å². The minimum atomic E-state index is -0.415. The van der Waals surface area contributed by atoms with Gasteiger partial charge < -0.3 is 16.4 Å². The van der Waals surface area contributed by atoms with Crippen LogP contribution in [0.15, 0.2) is 18.2 Å². The van der Waals surface area contributed by atoms with Gasteiger partial charge in [-0.2, -0.15) is 0 Å². The molecule has 110 valence electrons. The first-order valence-electron chi connectivity index (χ1n) is 7.45. The number of hydrogen-bond donors (Lipinski definition) is 2. The number of nitrogens with two attached hydrogens (primary N) is 2. The molecule has 2 rings (SSSR count). The van der Waals surface area contributed by atoms with Gasteiger partial charge in [0.1, 0.15) is 0 Å². The van der Waals surface area contributed by atoms with Crippen LogP contribution in [0.2, 0.25) is 0 Å². The first-order chi connectivity index (χ1) is 9.52. The van der Waals surface area contributed by atoms with E-state index in [0.717, 1.165) is 11.6 Å². The Balaban J connectivity index is 2.17. The molecule has 0 radical (unpaired) electrons. The molecule has 1 aromatic carbocycles. The average Bonchev–Trinajstić information content (AvgIpc) is 2.46. The Bertz CT molecular complexity index is 479. The molecule has 1 aromatic rings. The fourth-order valence-corrected chi connectivity index (χ4v) is 3.20. The van der Waals surface area contributed by atoms with Crippen molar-refractivity contribution in [2.45, 2.75) is 45.1 Å². The molecule has 0 unspecified atom stereocenters. The Morgan fingerprint density at radius 3 is 2.50 bits per heavy atom. The number of primary amides is 1. The van der Waals surface area contributed by atoms with E-state index in [1.54, 1.807) is 6.07 Å². The molecule has 20 heavy (non-hydrogen) atoms. The van der Waals surface area contributed by atoms with Crippen molar-refractivity contribution < 1.29 is 4.79 Å². The molecule has 4 nitrogen and oxygen atoms in total. The maximum absolute atomic E-state index is 11.6. The molecule has 1 aliphatic rings. The first kappa shape index (κ1) is 14.7. The summed E-state index contributed by atoms with van der Waals surface area (Å²) in [5.41, 5.74) is 13.2. The Hall–Kier alpha value is -1.71. The Labute approximate surface area is 121 Å². The average molecular weight is 275 g/mol. The van der Waals surface area contributed by atoms with Gasteiger partial charge in [0, 0.05) is 24.5 Å². The zero-order valence-electron chi connectivity index (χ0n) is 12.4. The van der Waals surface area contributed by atoms with Crippen molar-refractivity contribution in [3.05, 3.63) is 23.8 Å². The molecule has 0 bridgehead atoms. The summed E-state index contributed by atoms with van der Waals surface area (Å²) >= 11 is 0. The highest BCUT2D eigenvalue weighted by molar-refractivity contribution is 5.99. The minimum absolute atomic E-state index is 0.415. The lowest BCUT2D eigenvalue weighted by atomic mass is 9.84. The van der Waals surface area contributed by atoms with Gasteiger partial charge in [0.05, 0.1) is 5.56 Å². The third kappa shape index (κ3) is 3.06. The van der Waals surface area contributed by atoms with Crippen molar-refractivity contribution >= 4 is 17.3 Å². The molecule has 0 aliphatic heterocycles. The van der Waals surface area contributed by atoms with Crippen LogP contribution in [-0.2, 0) is 0 Å². The predicted molar refractivity (Wildman–Crippen MR) is 83.8 cm³/mol. The van der Waals surface area contributed by atoms with E-state index in [1.807, 2.05) is 12.1 Å². The second-order valence-corrected chi connectivity index (χ2v) is 5.83. The number of hydrogen-bond acceptors (Lipinski definition) is 3. The highest BCUT2D eigenvalue weighted by Gasteiger charge is 2.25. The van der Waals surface area contributed by atoms with Gasteiger partial charge in [0.15, 0.2) is 0 Å². The lowest BCUT2D eigenvalue weighted by molar-refractivity contribution is 0.100. The van der Waals surface area contributed by atoms with E-state index in [2.05, 4.69) is 18.9 Å². The summed E-state index contributed by atoms with van der Waals surface area (Å²) in [6, 6.07) is 5.89. The maximum atomic E-state index is 11.6. The lowest BCUT2D eigenvalue weighted by Crippen LogP contribution is -2.36. The summed E-state index contributed by atoms with van der Waals surface area (Å²) in [5, 5.41) is 0. The van der Waals surface area contributed by atoms with Crippen molar-refractivity contribution in [2.24, 2.45) is 11.7 Å². The van der Waals surface area contributed by atoms with Gasteiger partial charge >= 0.3 is 0 Å². The number of rotatable bonds is 4. The smallest absolute Gasteiger partial charge is 0.250 e. The van der Waals surface area contributed by atoms with Crippen molar-refractivity contribution in [3.8, 4) is 0 Å². The summed E-state index contributed by atoms with van der Waals surface area (Å²) in [6.45, 7) is 2.26. The van der Waals surface area contributed by atoms with Gasteiger partial charge in [-0.1, -0.05) is 13.3 Å². The van der Waals surface area contributed by atoms with Gasteiger partial charge in [-0.3, -0.25) is 4.79 Å². The summed E-state index contributed by atoms with van der Waals surface area (Å²) in [5.74, 6) is 0.447. The normalized spacial score (nSPS) is 22.5. The molecule has 1 aliphatic carbocycles. The third-order valence-electron chi connectivity index (χ3n) is 4.61. The van der Waals surface area contributed by atoms with Crippen LogP contribution in [0.3, 0.4) is 0 Å². The van der Waals surface area contributed by atoms with E-state index in [4.69, 9.17) is 11.5 Å². The number of benzene rings is 1. The molecule has 1 fully saturated rings. The summed E-state index contributed by atoms with van der Waals surface area (Å²) < 4.78 is 0. The second kappa shape index (κ2) is 6.16. The fraction of sp³-hybridized carbons (Fsp3) is 0.562. The van der Waals surface area contributed by atoms with E-state index < -0.39 is 5.91 Å². The minimum Gasteiger partial charge on any atom is -0.399 e. The maximum Gasteiger partial charge on any atom is 0.250 e. The van der Waals surface area contributed by atoms with Crippen LogP contribution in [0, 0.1) is 5.92 Å². The largest absolute Gasteiger partial charge is 0.399 e. The third-order valence-corrected chi connectivity index (χ3v) is 4.61. The van der Waals surface area contributed by atoms with Crippen LogP contribution in [0.5, 0.6) is 0 Å². The number of carbonyl (C=O) groups is 1. The molecule has 1 saturated carbocycles. The fourth-order valence-electron chi connectivity index (χ4n) is 3.20. The number of nitrogens with zero attached hydrogens (tertiary/aromatic N) is 1. The molecule has 0 heterocycles. The lowest BCUT2D eigenvalue weighted by Gasteiger charge is -2.36. The van der Waals surface area contributed by atoms with Crippen molar-refractivity contribution in [3.63, 3.8) is 0 Å². The van der Waals surface area contributed by atoms with Crippen molar-refractivity contribution in [1.82, 2.24) is 0 Å². The number of anilines is 2. The topological polar surface area (TPSA) is 72.3 Å². The quantitative estimate of drug-likeness (QED) is 0.830. The molecular formula is C16H25N3O. The molecular weight excluding hydrogens is 250 g/mol. The summed E-state index contributed by atoms with van der Waals surface area (Å²) in [6.07, 6.45) is 6.17. The van der Waals surface area contributed by atoms with Crippen molar-refractivity contribution in [2.75, 3.05) is 17.7 Å². The standard InChI is InChI=1S/C16H25N3O/c1-3-11-4-7-13(8-5-11)19(2)15-9-6-12(17)10-14(15)16(18)20/h6,9-11,13H,3-5,7-8,17H2,1-2H3,(H2,18,20). The van der Waals surface area contributed by atoms with Crippen molar-refractivity contribution in [1.29, 1.82) is 0 Å². The number of carbonyl (C=O) groups excluding carboxylic acids is 1. The Morgan fingerprint density at radius 1 is 1.30 bits per heavy atom. The summed E-state index contributed by atoms with van der Waals surface area (Å²) in [4.78, 5) is 13.8. The van der Waals surface area contributed by atoms with E-state index in [9.17, 15) is 4.79 Å².